The lowest BCUT2D eigenvalue weighted by Crippen LogP contribution is -2.07. The maximum Gasteiger partial charge on any atom is 0.0846 e. The Morgan fingerprint density at radius 3 is 2.65 bits per heavy atom. The molecule has 0 aliphatic rings. The molecule has 0 saturated heterocycles. The predicted octanol–water partition coefficient (Wildman–Crippen LogP) is 4.44. The molecule has 1 unspecified atom stereocenters. The molecule has 20 heavy (non-hydrogen) atoms. The molecule has 0 aliphatic heterocycles. The van der Waals surface area contributed by atoms with Gasteiger partial charge in [-0.05, 0) is 56.0 Å². The summed E-state index contributed by atoms with van der Waals surface area (Å²) >= 11 is 12.9. The first kappa shape index (κ1) is 16.0. The van der Waals surface area contributed by atoms with Crippen LogP contribution < -0.4 is 0 Å². The molecule has 0 amide bonds. The third kappa shape index (κ3) is 3.27. The van der Waals surface area contributed by atoms with E-state index in [1.165, 1.54) is 0 Å². The van der Waals surface area contributed by atoms with E-state index in [0.717, 1.165) is 32.3 Å². The zero-order chi connectivity index (χ0) is 14.9. The molecule has 2 rings (SSSR count). The van der Waals surface area contributed by atoms with Crippen molar-refractivity contribution in [1.29, 1.82) is 0 Å². The Bertz CT molecular complexity index is 628. The van der Waals surface area contributed by atoms with Gasteiger partial charge in [-0.1, -0.05) is 24.6 Å². The van der Waals surface area contributed by atoms with Crippen LogP contribution in [0.15, 0.2) is 27.1 Å². The van der Waals surface area contributed by atoms with Gasteiger partial charge < -0.3 is 5.11 Å². The van der Waals surface area contributed by atoms with Crippen molar-refractivity contribution in [1.82, 2.24) is 9.78 Å². The monoisotopic (exact) mass is 420 g/mol. The minimum absolute atomic E-state index is 0.498. The number of hydrogen-bond donors (Lipinski definition) is 1. The first-order valence-corrected chi connectivity index (χ1v) is 8.23. The van der Waals surface area contributed by atoms with E-state index in [4.69, 9.17) is 11.6 Å². The molecule has 0 spiro atoms. The summed E-state index contributed by atoms with van der Waals surface area (Å²) in [5.41, 5.74) is 2.82. The highest BCUT2D eigenvalue weighted by Crippen LogP contribution is 2.30. The third-order valence-electron chi connectivity index (χ3n) is 3.22. The second-order valence-electron chi connectivity index (χ2n) is 4.58. The van der Waals surface area contributed by atoms with Crippen molar-refractivity contribution in [2.24, 2.45) is 7.05 Å². The summed E-state index contributed by atoms with van der Waals surface area (Å²) in [6.45, 7) is 2.06. The van der Waals surface area contributed by atoms with Crippen LogP contribution in [0, 0.1) is 0 Å². The second-order valence-corrected chi connectivity index (χ2v) is 6.63. The Morgan fingerprint density at radius 1 is 1.40 bits per heavy atom. The van der Waals surface area contributed by atoms with Crippen LogP contribution in [0.1, 0.15) is 30.0 Å². The van der Waals surface area contributed by atoms with Gasteiger partial charge in [0.25, 0.3) is 0 Å². The number of aromatic nitrogens is 2. The lowest BCUT2D eigenvalue weighted by Gasteiger charge is -2.12. The molecule has 1 atom stereocenters. The lowest BCUT2D eigenvalue weighted by atomic mass is 10.0. The highest BCUT2D eigenvalue weighted by Gasteiger charge is 2.17. The van der Waals surface area contributed by atoms with E-state index in [9.17, 15) is 5.11 Å². The molecule has 0 radical (unpaired) electrons. The van der Waals surface area contributed by atoms with E-state index < -0.39 is 6.10 Å². The van der Waals surface area contributed by atoms with E-state index in [1.807, 2.05) is 23.9 Å². The molecule has 108 valence electrons. The van der Waals surface area contributed by atoms with E-state index >= 15 is 0 Å². The molecule has 0 aliphatic carbocycles. The van der Waals surface area contributed by atoms with Gasteiger partial charge in [-0.25, -0.2) is 0 Å². The Balaban J connectivity index is 2.25. The predicted molar refractivity (Wildman–Crippen MR) is 88.1 cm³/mol. The smallest absolute Gasteiger partial charge is 0.0846 e. The van der Waals surface area contributed by atoms with Gasteiger partial charge in [-0.15, -0.1) is 0 Å². The molecular formula is C14H15Br2ClN2O. The van der Waals surface area contributed by atoms with Crippen molar-refractivity contribution in [3.05, 3.63) is 49.1 Å². The van der Waals surface area contributed by atoms with E-state index in [2.05, 4.69) is 43.9 Å². The van der Waals surface area contributed by atoms with Crippen LogP contribution in [-0.4, -0.2) is 14.9 Å². The van der Waals surface area contributed by atoms with Crippen molar-refractivity contribution in [2.75, 3.05) is 0 Å². The lowest BCUT2D eigenvalue weighted by molar-refractivity contribution is 0.175. The Morgan fingerprint density at radius 2 is 2.10 bits per heavy atom. The first-order chi connectivity index (χ1) is 9.43. The van der Waals surface area contributed by atoms with E-state index in [1.54, 1.807) is 6.07 Å². The number of nitrogens with zero attached hydrogens (tertiary/aromatic N) is 2. The molecule has 1 N–H and O–H groups in total. The summed E-state index contributed by atoms with van der Waals surface area (Å²) in [6, 6.07) is 5.46. The number of aliphatic hydroxyl groups is 1. The average Bonchev–Trinajstić information content (AvgIpc) is 2.69. The molecule has 1 heterocycles. The second kappa shape index (κ2) is 6.60. The number of aliphatic hydroxyl groups excluding tert-OH is 1. The minimum atomic E-state index is -0.597. The number of halogens is 3. The highest BCUT2D eigenvalue weighted by atomic mass is 79.9. The molecule has 1 aromatic heterocycles. The minimum Gasteiger partial charge on any atom is -0.388 e. The Kier molecular flexibility index (Phi) is 5.29. The summed E-state index contributed by atoms with van der Waals surface area (Å²) in [5, 5.41) is 15.5. The molecule has 0 fully saturated rings. The number of benzene rings is 1. The van der Waals surface area contributed by atoms with Gasteiger partial charge in [0.1, 0.15) is 0 Å². The normalized spacial score (nSPS) is 12.7. The average molecular weight is 423 g/mol. The number of rotatable bonds is 4. The van der Waals surface area contributed by atoms with Crippen LogP contribution in [0.4, 0.5) is 0 Å². The van der Waals surface area contributed by atoms with E-state index in [0.29, 0.717) is 11.4 Å². The summed E-state index contributed by atoms with van der Waals surface area (Å²) in [4.78, 5) is 0. The topological polar surface area (TPSA) is 38.0 Å². The highest BCUT2D eigenvalue weighted by molar-refractivity contribution is 9.10. The molecule has 6 heteroatoms. The molecule has 3 nitrogen and oxygen atoms in total. The van der Waals surface area contributed by atoms with E-state index in [-0.39, 0.29) is 0 Å². The van der Waals surface area contributed by atoms with Gasteiger partial charge in [-0.3, -0.25) is 4.68 Å². The van der Waals surface area contributed by atoms with Gasteiger partial charge >= 0.3 is 0 Å². The van der Waals surface area contributed by atoms with Gasteiger partial charge in [0.05, 0.1) is 27.0 Å². The van der Waals surface area contributed by atoms with Gasteiger partial charge in [-0.2, -0.15) is 5.10 Å². The fourth-order valence-corrected chi connectivity index (χ4v) is 3.35. The van der Waals surface area contributed by atoms with Crippen molar-refractivity contribution in [3.8, 4) is 0 Å². The number of hydrogen-bond acceptors (Lipinski definition) is 2. The fourth-order valence-electron chi connectivity index (χ4n) is 2.06. The third-order valence-corrected chi connectivity index (χ3v) is 5.35. The standard InChI is InChI=1S/C14H15Br2ClN2O/c1-3-11-14(16)12(19(2)18-11)7-13(20)8-4-5-10(17)9(15)6-8/h4-6,13,20H,3,7H2,1-2H3. The molecule has 0 bridgehead atoms. The van der Waals surface area contributed by atoms with Crippen molar-refractivity contribution < 1.29 is 5.11 Å². The van der Waals surface area contributed by atoms with Gasteiger partial charge in [0, 0.05) is 17.9 Å². The number of aryl methyl sites for hydroxylation is 2. The molecular weight excluding hydrogens is 407 g/mol. The summed E-state index contributed by atoms with van der Waals surface area (Å²) in [5.74, 6) is 0. The van der Waals surface area contributed by atoms with Crippen LogP contribution in [0.3, 0.4) is 0 Å². The van der Waals surface area contributed by atoms with Gasteiger partial charge in [0.15, 0.2) is 0 Å². The maximum absolute atomic E-state index is 10.4. The van der Waals surface area contributed by atoms with Gasteiger partial charge in [0.2, 0.25) is 0 Å². The van der Waals surface area contributed by atoms with Crippen LogP contribution in [-0.2, 0) is 19.9 Å². The zero-order valence-electron chi connectivity index (χ0n) is 11.2. The van der Waals surface area contributed by atoms with Crippen LogP contribution in [0.5, 0.6) is 0 Å². The maximum atomic E-state index is 10.4. The van der Waals surface area contributed by atoms with Crippen molar-refractivity contribution in [2.45, 2.75) is 25.9 Å². The largest absolute Gasteiger partial charge is 0.388 e. The summed E-state index contributed by atoms with van der Waals surface area (Å²) in [6.07, 6.45) is 0.759. The summed E-state index contributed by atoms with van der Waals surface area (Å²) in [7, 11) is 1.89. The van der Waals surface area contributed by atoms with Crippen LogP contribution >= 0.6 is 43.5 Å². The molecule has 2 aromatic rings. The SMILES string of the molecule is CCc1nn(C)c(CC(O)c2ccc(Cl)c(Br)c2)c1Br. The van der Waals surface area contributed by atoms with Crippen LogP contribution in [0.2, 0.25) is 5.02 Å². The zero-order valence-corrected chi connectivity index (χ0v) is 15.1. The molecule has 0 saturated carbocycles. The first-order valence-electron chi connectivity index (χ1n) is 6.27. The van der Waals surface area contributed by atoms with Crippen molar-refractivity contribution in [3.63, 3.8) is 0 Å². The van der Waals surface area contributed by atoms with Crippen molar-refractivity contribution >= 4 is 43.5 Å². The molecule has 1 aromatic carbocycles. The summed E-state index contributed by atoms with van der Waals surface area (Å²) < 4.78 is 3.58. The quantitative estimate of drug-likeness (QED) is 0.791. The Hall–Kier alpha value is -0.360. The Labute approximate surface area is 140 Å². The van der Waals surface area contributed by atoms with Crippen LogP contribution in [0.25, 0.3) is 0 Å². The fraction of sp³-hybridized carbons (Fsp3) is 0.357.